The van der Waals surface area contributed by atoms with Gasteiger partial charge in [0.25, 0.3) is 0 Å². The second-order valence-electron chi connectivity index (χ2n) is 5.85. The Hall–Kier alpha value is -0.830. The zero-order chi connectivity index (χ0) is 13.0. The second-order valence-corrected chi connectivity index (χ2v) is 5.85. The summed E-state index contributed by atoms with van der Waals surface area (Å²) in [5.74, 6) is 0.415. The molecule has 3 nitrogen and oxygen atoms in total. The maximum Gasteiger partial charge on any atom is 0.229 e. The summed E-state index contributed by atoms with van der Waals surface area (Å²) >= 11 is 0. The van der Waals surface area contributed by atoms with Crippen molar-refractivity contribution in [2.24, 2.45) is 5.41 Å². The summed E-state index contributed by atoms with van der Waals surface area (Å²) < 4.78 is 0. The summed E-state index contributed by atoms with van der Waals surface area (Å²) in [4.78, 5) is 15.0. The van der Waals surface area contributed by atoms with Gasteiger partial charge in [-0.2, -0.15) is 0 Å². The molecule has 0 unspecified atom stereocenters. The third kappa shape index (κ3) is 2.77. The van der Waals surface area contributed by atoms with E-state index in [-0.39, 0.29) is 5.41 Å². The lowest BCUT2D eigenvalue weighted by molar-refractivity contribution is -0.144. The van der Waals surface area contributed by atoms with Crippen LogP contribution in [0.25, 0.3) is 0 Å². The highest BCUT2D eigenvalue weighted by Gasteiger charge is 2.41. The number of nitrogens with one attached hydrogen (secondary N) is 1. The average molecular weight is 250 g/mol. The first-order valence-corrected chi connectivity index (χ1v) is 7.34. The number of carbonyl (C=O) groups excluding carboxylic acids is 1. The molecule has 1 N–H and O–H groups in total. The summed E-state index contributed by atoms with van der Waals surface area (Å²) in [6, 6.07) is 0. The average Bonchev–Trinajstić information content (AvgIpc) is 2.39. The Labute approximate surface area is 111 Å². The van der Waals surface area contributed by atoms with Gasteiger partial charge in [0, 0.05) is 13.1 Å². The van der Waals surface area contributed by atoms with Crippen LogP contribution >= 0.6 is 0 Å². The zero-order valence-corrected chi connectivity index (χ0v) is 11.8. The molecule has 2 heterocycles. The van der Waals surface area contributed by atoms with Gasteiger partial charge in [-0.05, 0) is 45.7 Å². The van der Waals surface area contributed by atoms with Crippen LogP contribution in [0.3, 0.4) is 0 Å². The third-order valence-electron chi connectivity index (χ3n) is 4.36. The smallest absolute Gasteiger partial charge is 0.229 e. The van der Waals surface area contributed by atoms with E-state index in [4.69, 9.17) is 0 Å². The van der Waals surface area contributed by atoms with Crippen LogP contribution in [0.15, 0.2) is 11.6 Å². The minimum Gasteiger partial charge on any atom is -0.338 e. The quantitative estimate of drug-likeness (QED) is 0.780. The molecule has 0 bridgehead atoms. The van der Waals surface area contributed by atoms with E-state index in [0.29, 0.717) is 5.91 Å². The van der Waals surface area contributed by atoms with Crippen molar-refractivity contribution in [1.82, 2.24) is 10.2 Å². The zero-order valence-electron chi connectivity index (χ0n) is 11.8. The van der Waals surface area contributed by atoms with Gasteiger partial charge < -0.3 is 10.2 Å². The van der Waals surface area contributed by atoms with E-state index in [9.17, 15) is 4.79 Å². The lowest BCUT2D eigenvalue weighted by Crippen LogP contribution is -2.50. The molecule has 0 radical (unpaired) electrons. The van der Waals surface area contributed by atoms with Crippen LogP contribution in [-0.2, 0) is 4.79 Å². The Kier molecular flexibility index (Phi) is 4.44. The summed E-state index contributed by atoms with van der Waals surface area (Å²) in [6.45, 7) is 8.07. The fourth-order valence-corrected chi connectivity index (χ4v) is 3.37. The van der Waals surface area contributed by atoms with Crippen molar-refractivity contribution in [3.8, 4) is 0 Å². The number of hydrogen-bond donors (Lipinski definition) is 1. The third-order valence-corrected chi connectivity index (χ3v) is 4.36. The maximum atomic E-state index is 12.9. The van der Waals surface area contributed by atoms with E-state index < -0.39 is 0 Å². The first kappa shape index (κ1) is 13.6. The van der Waals surface area contributed by atoms with Crippen LogP contribution in [0.2, 0.25) is 0 Å². The molecule has 2 aliphatic heterocycles. The lowest BCUT2D eigenvalue weighted by Gasteiger charge is -2.41. The molecule has 2 rings (SSSR count). The number of amides is 1. The molecule has 0 atom stereocenters. The molecule has 0 saturated carbocycles. The Morgan fingerprint density at radius 3 is 2.78 bits per heavy atom. The van der Waals surface area contributed by atoms with Gasteiger partial charge in [-0.25, -0.2) is 0 Å². The van der Waals surface area contributed by atoms with Crippen LogP contribution in [0.5, 0.6) is 0 Å². The molecule has 1 amide bonds. The van der Waals surface area contributed by atoms with E-state index in [0.717, 1.165) is 58.3 Å². The van der Waals surface area contributed by atoms with Crippen molar-refractivity contribution >= 4 is 5.91 Å². The Morgan fingerprint density at radius 1 is 1.44 bits per heavy atom. The number of piperidine rings is 1. The van der Waals surface area contributed by atoms with Crippen molar-refractivity contribution in [2.75, 3.05) is 26.2 Å². The first-order valence-electron chi connectivity index (χ1n) is 7.34. The van der Waals surface area contributed by atoms with E-state index in [1.54, 1.807) is 0 Å². The van der Waals surface area contributed by atoms with Gasteiger partial charge in [-0.1, -0.05) is 25.0 Å². The predicted molar refractivity (Wildman–Crippen MR) is 74.4 cm³/mol. The first-order chi connectivity index (χ1) is 8.68. The molecule has 0 aromatic carbocycles. The molecule has 0 aromatic rings. The highest BCUT2D eigenvalue weighted by molar-refractivity contribution is 5.83. The predicted octanol–water partition coefficient (Wildman–Crippen LogP) is 2.33. The number of rotatable bonds is 3. The van der Waals surface area contributed by atoms with Gasteiger partial charge in [0.2, 0.25) is 5.91 Å². The van der Waals surface area contributed by atoms with Gasteiger partial charge in [0.15, 0.2) is 0 Å². The van der Waals surface area contributed by atoms with E-state index in [2.05, 4.69) is 30.1 Å². The van der Waals surface area contributed by atoms with E-state index in [1.165, 1.54) is 5.57 Å². The topological polar surface area (TPSA) is 32.3 Å². The summed E-state index contributed by atoms with van der Waals surface area (Å²) in [7, 11) is 0. The van der Waals surface area contributed by atoms with Crippen molar-refractivity contribution in [1.29, 1.82) is 0 Å². The molecule has 0 aliphatic carbocycles. The van der Waals surface area contributed by atoms with Crippen LogP contribution in [0, 0.1) is 5.41 Å². The fourth-order valence-electron chi connectivity index (χ4n) is 3.37. The van der Waals surface area contributed by atoms with Gasteiger partial charge in [0.05, 0.1) is 5.41 Å². The Balaban J connectivity index is 2.10. The molecular weight excluding hydrogens is 224 g/mol. The number of carbonyl (C=O) groups is 1. The van der Waals surface area contributed by atoms with Crippen molar-refractivity contribution in [3.05, 3.63) is 11.6 Å². The minimum absolute atomic E-state index is 0.0718. The maximum absolute atomic E-state index is 12.9. The SMILES string of the molecule is CCCC1(C(=O)N2CCC=C(C)C2)CCNCC1. The van der Waals surface area contributed by atoms with Gasteiger partial charge in [0.1, 0.15) is 0 Å². The molecular formula is C15H26N2O. The number of nitrogens with zero attached hydrogens (tertiary/aromatic N) is 1. The Bertz CT molecular complexity index is 324. The molecule has 0 aromatic heterocycles. The van der Waals surface area contributed by atoms with Crippen LogP contribution in [0.1, 0.15) is 46.0 Å². The molecule has 3 heteroatoms. The number of hydrogen-bond acceptors (Lipinski definition) is 2. The summed E-state index contributed by atoms with van der Waals surface area (Å²) in [6.07, 6.45) is 7.47. The molecule has 0 spiro atoms. The van der Waals surface area contributed by atoms with Gasteiger partial charge in [-0.15, -0.1) is 0 Å². The highest BCUT2D eigenvalue weighted by Crippen LogP contribution is 2.36. The van der Waals surface area contributed by atoms with E-state index in [1.807, 2.05) is 0 Å². The normalized spacial score (nSPS) is 23.7. The van der Waals surface area contributed by atoms with Crippen molar-refractivity contribution < 1.29 is 4.79 Å². The molecule has 18 heavy (non-hydrogen) atoms. The molecule has 1 saturated heterocycles. The molecule has 2 aliphatic rings. The minimum atomic E-state index is -0.0718. The summed E-state index contributed by atoms with van der Waals surface area (Å²) in [5.41, 5.74) is 1.27. The van der Waals surface area contributed by atoms with E-state index >= 15 is 0 Å². The van der Waals surface area contributed by atoms with Gasteiger partial charge in [-0.3, -0.25) is 4.79 Å². The van der Waals surface area contributed by atoms with Crippen LogP contribution < -0.4 is 5.32 Å². The monoisotopic (exact) mass is 250 g/mol. The molecule has 102 valence electrons. The van der Waals surface area contributed by atoms with Gasteiger partial charge >= 0.3 is 0 Å². The standard InChI is InChI=1S/C15H26N2O/c1-3-6-15(7-9-16-10-8-15)14(18)17-11-4-5-13(2)12-17/h5,16H,3-4,6-12H2,1-2H3. The van der Waals surface area contributed by atoms with Crippen LogP contribution in [-0.4, -0.2) is 37.0 Å². The largest absolute Gasteiger partial charge is 0.338 e. The van der Waals surface area contributed by atoms with Crippen molar-refractivity contribution in [3.63, 3.8) is 0 Å². The lowest BCUT2D eigenvalue weighted by atomic mass is 9.74. The highest BCUT2D eigenvalue weighted by atomic mass is 16.2. The fraction of sp³-hybridized carbons (Fsp3) is 0.800. The van der Waals surface area contributed by atoms with Crippen LogP contribution in [0.4, 0.5) is 0 Å². The van der Waals surface area contributed by atoms with Crippen molar-refractivity contribution in [2.45, 2.75) is 46.0 Å². The summed E-state index contributed by atoms with van der Waals surface area (Å²) in [5, 5.41) is 3.38. The molecule has 1 fully saturated rings. The Morgan fingerprint density at radius 2 is 2.17 bits per heavy atom. The second kappa shape index (κ2) is 5.87.